The zero-order valence-electron chi connectivity index (χ0n) is 17.5. The van der Waals surface area contributed by atoms with Crippen molar-refractivity contribution in [1.29, 1.82) is 0 Å². The largest absolute Gasteiger partial charge is 0.461 e. The Balaban J connectivity index is 1.64. The first-order valence-corrected chi connectivity index (χ1v) is 11.2. The van der Waals surface area contributed by atoms with Crippen LogP contribution in [0.3, 0.4) is 0 Å². The second-order valence-electron chi connectivity index (χ2n) is 6.99. The molecule has 0 atom stereocenters. The molecule has 4 rings (SSSR count). The maximum absolute atomic E-state index is 14.4. The van der Waals surface area contributed by atoms with E-state index >= 15 is 0 Å². The molecular formula is C23H15ClF3N3O3S. The van der Waals surface area contributed by atoms with Gasteiger partial charge >= 0.3 is 5.97 Å². The highest BCUT2D eigenvalue weighted by Crippen LogP contribution is 2.34. The van der Waals surface area contributed by atoms with Gasteiger partial charge in [0.1, 0.15) is 22.5 Å². The third-order valence-electron chi connectivity index (χ3n) is 4.78. The maximum Gasteiger partial charge on any atom is 0.357 e. The molecule has 0 spiro atoms. The van der Waals surface area contributed by atoms with E-state index in [0.717, 1.165) is 0 Å². The zero-order valence-corrected chi connectivity index (χ0v) is 19.1. The second kappa shape index (κ2) is 9.78. The van der Waals surface area contributed by atoms with Crippen molar-refractivity contribution in [3.8, 4) is 11.3 Å². The van der Waals surface area contributed by atoms with Crippen LogP contribution >= 0.6 is 22.9 Å². The molecule has 0 aliphatic rings. The number of nitrogens with one attached hydrogen (secondary N) is 1. The van der Waals surface area contributed by atoms with Gasteiger partial charge in [0, 0.05) is 40.0 Å². The molecule has 0 saturated heterocycles. The van der Waals surface area contributed by atoms with Crippen LogP contribution in [0.5, 0.6) is 0 Å². The quantitative estimate of drug-likeness (QED) is 0.348. The molecule has 0 aliphatic heterocycles. The highest BCUT2D eigenvalue weighted by molar-refractivity contribution is 7.09. The number of carbonyl (C=O) groups excluding carboxylic acids is 2. The van der Waals surface area contributed by atoms with E-state index in [4.69, 9.17) is 16.3 Å². The summed E-state index contributed by atoms with van der Waals surface area (Å²) in [6.45, 7) is 1.95. The smallest absolute Gasteiger partial charge is 0.357 e. The summed E-state index contributed by atoms with van der Waals surface area (Å²) < 4.78 is 47.1. The molecule has 1 amide bonds. The van der Waals surface area contributed by atoms with E-state index in [0.29, 0.717) is 22.5 Å². The minimum atomic E-state index is -1.13. The van der Waals surface area contributed by atoms with Gasteiger partial charge in [-0.3, -0.25) is 9.78 Å². The van der Waals surface area contributed by atoms with Crippen LogP contribution in [0.2, 0.25) is 5.02 Å². The lowest BCUT2D eigenvalue weighted by Gasteiger charge is -2.11. The summed E-state index contributed by atoms with van der Waals surface area (Å²) in [7, 11) is 0. The minimum absolute atomic E-state index is 0.0445. The Morgan fingerprint density at radius 1 is 1.12 bits per heavy atom. The average Bonchev–Trinajstić information content (AvgIpc) is 3.27. The van der Waals surface area contributed by atoms with E-state index in [2.05, 4.69) is 15.3 Å². The fraction of sp³-hybridized carbons (Fsp3) is 0.130. The Morgan fingerprint density at radius 2 is 1.85 bits per heavy atom. The first-order chi connectivity index (χ1) is 16.3. The number of carbonyl (C=O) groups is 2. The Bertz CT molecular complexity index is 1400. The normalized spacial score (nSPS) is 11.0. The van der Waals surface area contributed by atoms with E-state index in [-0.39, 0.29) is 40.5 Å². The second-order valence-corrected chi connectivity index (χ2v) is 8.34. The van der Waals surface area contributed by atoms with Crippen LogP contribution in [0.4, 0.5) is 13.2 Å². The molecule has 0 saturated carbocycles. The van der Waals surface area contributed by atoms with Crippen LogP contribution < -0.4 is 5.32 Å². The Hall–Kier alpha value is -3.50. The lowest BCUT2D eigenvalue weighted by Crippen LogP contribution is -2.22. The summed E-state index contributed by atoms with van der Waals surface area (Å²) in [6.07, 6.45) is 1.23. The van der Waals surface area contributed by atoms with E-state index in [1.165, 1.54) is 41.1 Å². The van der Waals surface area contributed by atoms with Gasteiger partial charge in [0.25, 0.3) is 5.91 Å². The molecule has 2 heterocycles. The van der Waals surface area contributed by atoms with Gasteiger partial charge in [-0.2, -0.15) is 0 Å². The Labute approximate surface area is 200 Å². The fourth-order valence-corrected chi connectivity index (χ4v) is 4.18. The fourth-order valence-electron chi connectivity index (χ4n) is 3.27. The lowest BCUT2D eigenvalue weighted by molar-refractivity contribution is 0.0520. The molecule has 34 heavy (non-hydrogen) atoms. The zero-order chi connectivity index (χ0) is 24.4. The van der Waals surface area contributed by atoms with Crippen molar-refractivity contribution >= 4 is 45.6 Å². The number of aromatic nitrogens is 2. The van der Waals surface area contributed by atoms with Crippen molar-refractivity contribution in [3.05, 3.63) is 80.6 Å². The third kappa shape index (κ3) is 4.73. The molecule has 0 unspecified atom stereocenters. The number of pyridine rings is 1. The van der Waals surface area contributed by atoms with Gasteiger partial charge in [-0.05, 0) is 19.1 Å². The third-order valence-corrected chi connectivity index (χ3v) is 5.93. The van der Waals surface area contributed by atoms with Crippen molar-refractivity contribution < 1.29 is 27.5 Å². The predicted octanol–water partition coefficient (Wildman–Crippen LogP) is 5.54. The van der Waals surface area contributed by atoms with Gasteiger partial charge in [-0.15, -0.1) is 11.3 Å². The standard InChI is InChI=1S/C23H15ClF3N3O3S/c1-2-33-23(32)18-10-34-19(30-18)9-29-22(31)11-3-4-13-14(5-11)21(28-8-15(13)24)20-16(26)6-12(25)7-17(20)27/h3-8,10H,2,9H2,1H3,(H,29,31). The predicted molar refractivity (Wildman–Crippen MR) is 121 cm³/mol. The van der Waals surface area contributed by atoms with Crippen LogP contribution in [0.1, 0.15) is 32.8 Å². The van der Waals surface area contributed by atoms with Crippen LogP contribution in [-0.2, 0) is 11.3 Å². The van der Waals surface area contributed by atoms with E-state index in [9.17, 15) is 22.8 Å². The molecule has 2 aromatic heterocycles. The summed E-state index contributed by atoms with van der Waals surface area (Å²) in [6, 6.07) is 5.52. The average molecular weight is 506 g/mol. The number of esters is 1. The molecule has 0 radical (unpaired) electrons. The van der Waals surface area contributed by atoms with Crippen molar-refractivity contribution in [2.45, 2.75) is 13.5 Å². The topological polar surface area (TPSA) is 81.2 Å². The maximum atomic E-state index is 14.4. The first kappa shape index (κ1) is 23.7. The molecular weight excluding hydrogens is 491 g/mol. The van der Waals surface area contributed by atoms with Crippen LogP contribution in [-0.4, -0.2) is 28.5 Å². The van der Waals surface area contributed by atoms with Crippen molar-refractivity contribution in [2.24, 2.45) is 0 Å². The lowest BCUT2D eigenvalue weighted by atomic mass is 10.0. The number of nitrogens with zero attached hydrogens (tertiary/aromatic N) is 2. The number of benzene rings is 2. The molecule has 2 aromatic carbocycles. The molecule has 11 heteroatoms. The van der Waals surface area contributed by atoms with Gasteiger partial charge in [0.05, 0.1) is 29.4 Å². The molecule has 0 fully saturated rings. The number of fused-ring (bicyclic) bond motifs is 1. The number of thiazole rings is 1. The molecule has 174 valence electrons. The van der Waals surface area contributed by atoms with Crippen molar-refractivity contribution in [1.82, 2.24) is 15.3 Å². The SMILES string of the molecule is CCOC(=O)c1csc(CNC(=O)c2ccc3c(Cl)cnc(-c4c(F)cc(F)cc4F)c3c2)n1. The number of amides is 1. The molecule has 0 bridgehead atoms. The summed E-state index contributed by atoms with van der Waals surface area (Å²) in [5.41, 5.74) is -0.337. The highest BCUT2D eigenvalue weighted by Gasteiger charge is 2.20. The van der Waals surface area contributed by atoms with E-state index in [1.54, 1.807) is 6.92 Å². The number of hydrogen-bond acceptors (Lipinski definition) is 6. The molecule has 0 aliphatic carbocycles. The first-order valence-electron chi connectivity index (χ1n) is 9.91. The molecule has 4 aromatic rings. The van der Waals surface area contributed by atoms with Gasteiger partial charge in [-0.25, -0.2) is 22.9 Å². The summed E-state index contributed by atoms with van der Waals surface area (Å²) >= 11 is 7.37. The molecule has 6 nitrogen and oxygen atoms in total. The highest BCUT2D eigenvalue weighted by atomic mass is 35.5. The van der Waals surface area contributed by atoms with Crippen molar-refractivity contribution in [2.75, 3.05) is 6.61 Å². The van der Waals surface area contributed by atoms with Crippen LogP contribution in [0, 0.1) is 17.5 Å². The Kier molecular flexibility index (Phi) is 6.80. The number of hydrogen-bond donors (Lipinski definition) is 1. The summed E-state index contributed by atoms with van der Waals surface area (Å²) in [5.74, 6) is -4.39. The number of halogens is 4. The van der Waals surface area contributed by atoms with Crippen LogP contribution in [0.15, 0.2) is 41.9 Å². The number of rotatable bonds is 6. The van der Waals surface area contributed by atoms with Crippen LogP contribution in [0.25, 0.3) is 22.0 Å². The molecule has 1 N–H and O–H groups in total. The van der Waals surface area contributed by atoms with E-state index in [1.807, 2.05) is 0 Å². The van der Waals surface area contributed by atoms with Gasteiger partial charge in [0.15, 0.2) is 5.69 Å². The van der Waals surface area contributed by atoms with Gasteiger partial charge < -0.3 is 10.1 Å². The Morgan fingerprint density at radius 3 is 2.56 bits per heavy atom. The minimum Gasteiger partial charge on any atom is -0.461 e. The van der Waals surface area contributed by atoms with Gasteiger partial charge in [-0.1, -0.05) is 17.7 Å². The number of ether oxygens (including phenoxy) is 1. The summed E-state index contributed by atoms with van der Waals surface area (Å²) in [4.78, 5) is 32.6. The summed E-state index contributed by atoms with van der Waals surface area (Å²) in [5, 5.41) is 5.52. The van der Waals surface area contributed by atoms with Gasteiger partial charge in [0.2, 0.25) is 0 Å². The van der Waals surface area contributed by atoms with E-state index < -0.39 is 34.9 Å². The van der Waals surface area contributed by atoms with Crippen molar-refractivity contribution in [3.63, 3.8) is 0 Å². The monoisotopic (exact) mass is 505 g/mol.